The predicted octanol–water partition coefficient (Wildman–Crippen LogP) is 2.55. The van der Waals surface area contributed by atoms with Crippen molar-refractivity contribution < 1.29 is 13.2 Å². The molecular weight excluding hydrogens is 450 g/mol. The number of rotatable bonds is 5. The van der Waals surface area contributed by atoms with Gasteiger partial charge in [0, 0.05) is 65.2 Å². The molecule has 32 heavy (non-hydrogen) atoms. The molecule has 2 saturated heterocycles. The summed E-state index contributed by atoms with van der Waals surface area (Å²) in [4.78, 5) is 24.1. The van der Waals surface area contributed by atoms with Gasteiger partial charge in [-0.3, -0.25) is 4.79 Å². The van der Waals surface area contributed by atoms with Gasteiger partial charge < -0.3 is 14.7 Å². The van der Waals surface area contributed by atoms with Crippen molar-refractivity contribution in [3.05, 3.63) is 47.1 Å². The first-order valence-corrected chi connectivity index (χ1v) is 12.6. The van der Waals surface area contributed by atoms with Crippen LogP contribution in [0.15, 0.2) is 41.4 Å². The van der Waals surface area contributed by atoms with Crippen LogP contribution in [0.4, 0.5) is 11.5 Å². The molecule has 0 bridgehead atoms. The minimum atomic E-state index is -3.64. The smallest absolute Gasteiger partial charge is 0.256 e. The van der Waals surface area contributed by atoms with Crippen LogP contribution in [0.5, 0.6) is 0 Å². The molecule has 0 atom stereocenters. The zero-order valence-corrected chi connectivity index (χ0v) is 19.9. The molecule has 0 aliphatic carbocycles. The van der Waals surface area contributed by atoms with Gasteiger partial charge in [0.15, 0.2) is 0 Å². The first-order chi connectivity index (χ1) is 15.3. The standard InChI is InChI=1S/C22H28ClN5O3S/c1-25(2)32(30,31)18-6-7-20(26-9-3-4-10-26)19(15-18)22(29)28-13-11-27(12-14-28)21-8-5-17(23)16-24-21/h5-8,15-16H,3-4,9-14H2,1-2H3. The van der Waals surface area contributed by atoms with Crippen LogP contribution in [-0.4, -0.2) is 81.9 Å². The van der Waals surface area contributed by atoms with E-state index in [1.807, 2.05) is 6.07 Å². The summed E-state index contributed by atoms with van der Waals surface area (Å²) in [5, 5.41) is 0.588. The second-order valence-electron chi connectivity index (χ2n) is 8.27. The Morgan fingerprint density at radius 3 is 2.25 bits per heavy atom. The molecule has 3 heterocycles. The van der Waals surface area contributed by atoms with Gasteiger partial charge in [-0.1, -0.05) is 11.6 Å². The lowest BCUT2D eigenvalue weighted by molar-refractivity contribution is 0.0747. The fourth-order valence-corrected chi connectivity index (χ4v) is 5.20. The zero-order valence-electron chi connectivity index (χ0n) is 18.4. The number of pyridine rings is 1. The van der Waals surface area contributed by atoms with Gasteiger partial charge in [-0.2, -0.15) is 0 Å². The Bertz CT molecular complexity index is 1080. The number of carbonyl (C=O) groups excluding carboxylic acids is 1. The summed E-state index contributed by atoms with van der Waals surface area (Å²) in [6, 6.07) is 8.60. The number of benzene rings is 1. The molecule has 0 N–H and O–H groups in total. The zero-order chi connectivity index (χ0) is 22.9. The molecule has 2 aliphatic heterocycles. The number of hydrogen-bond donors (Lipinski definition) is 0. The van der Waals surface area contributed by atoms with Crippen LogP contribution in [0, 0.1) is 0 Å². The number of carbonyl (C=O) groups is 1. The van der Waals surface area contributed by atoms with Crippen LogP contribution in [-0.2, 0) is 10.0 Å². The lowest BCUT2D eigenvalue weighted by Gasteiger charge is -2.36. The van der Waals surface area contributed by atoms with Crippen LogP contribution in [0.1, 0.15) is 23.2 Å². The molecule has 0 radical (unpaired) electrons. The fraction of sp³-hybridized carbons (Fsp3) is 0.455. The van der Waals surface area contributed by atoms with Gasteiger partial charge in [-0.05, 0) is 43.2 Å². The molecule has 1 amide bonds. The Morgan fingerprint density at radius 1 is 0.969 bits per heavy atom. The van der Waals surface area contributed by atoms with Gasteiger partial charge in [-0.25, -0.2) is 17.7 Å². The molecular formula is C22H28ClN5O3S. The number of sulfonamides is 1. The molecule has 0 spiro atoms. The highest BCUT2D eigenvalue weighted by atomic mass is 35.5. The quantitative estimate of drug-likeness (QED) is 0.658. The van der Waals surface area contributed by atoms with Crippen molar-refractivity contribution in [1.82, 2.24) is 14.2 Å². The number of aromatic nitrogens is 1. The number of amides is 1. The Labute approximate surface area is 194 Å². The van der Waals surface area contributed by atoms with Gasteiger partial charge >= 0.3 is 0 Å². The highest BCUT2D eigenvalue weighted by Gasteiger charge is 2.29. The van der Waals surface area contributed by atoms with Gasteiger partial charge in [0.25, 0.3) is 5.91 Å². The van der Waals surface area contributed by atoms with Gasteiger partial charge in [0.1, 0.15) is 5.82 Å². The number of halogens is 1. The number of anilines is 2. The molecule has 0 unspecified atom stereocenters. The topological polar surface area (TPSA) is 77.1 Å². The summed E-state index contributed by atoms with van der Waals surface area (Å²) in [5.74, 6) is 0.699. The van der Waals surface area contributed by atoms with Crippen LogP contribution in [0.25, 0.3) is 0 Å². The van der Waals surface area contributed by atoms with Gasteiger partial charge in [0.2, 0.25) is 10.0 Å². The van der Waals surface area contributed by atoms with Crippen LogP contribution in [0.2, 0.25) is 5.02 Å². The average molecular weight is 478 g/mol. The van der Waals surface area contributed by atoms with Crippen molar-refractivity contribution in [2.75, 3.05) is 63.2 Å². The minimum absolute atomic E-state index is 0.133. The molecule has 8 nitrogen and oxygen atoms in total. The number of nitrogens with zero attached hydrogens (tertiary/aromatic N) is 5. The van der Waals surface area contributed by atoms with Crippen molar-refractivity contribution in [2.24, 2.45) is 0 Å². The first kappa shape index (κ1) is 22.8. The Morgan fingerprint density at radius 2 is 1.66 bits per heavy atom. The van der Waals surface area contributed by atoms with Crippen LogP contribution < -0.4 is 9.80 Å². The number of piperazine rings is 1. The maximum Gasteiger partial charge on any atom is 0.256 e. The van der Waals surface area contributed by atoms with Gasteiger partial charge in [-0.15, -0.1) is 0 Å². The molecule has 10 heteroatoms. The van der Waals surface area contributed by atoms with E-state index in [2.05, 4.69) is 14.8 Å². The second kappa shape index (κ2) is 9.25. The summed E-state index contributed by atoms with van der Waals surface area (Å²) in [6.45, 7) is 4.11. The normalized spacial score (nSPS) is 17.3. The van der Waals surface area contributed by atoms with Crippen LogP contribution in [0.3, 0.4) is 0 Å². The third kappa shape index (κ3) is 4.55. The lowest BCUT2D eigenvalue weighted by atomic mass is 10.1. The molecule has 4 rings (SSSR count). The highest BCUT2D eigenvalue weighted by molar-refractivity contribution is 7.89. The van der Waals surface area contributed by atoms with Crippen molar-refractivity contribution in [3.8, 4) is 0 Å². The Hall–Kier alpha value is -2.36. The molecule has 172 valence electrons. The van der Waals surface area contributed by atoms with Crippen molar-refractivity contribution >= 4 is 39.0 Å². The average Bonchev–Trinajstić information content (AvgIpc) is 3.33. The van der Waals surface area contributed by atoms with E-state index in [0.29, 0.717) is 36.8 Å². The maximum absolute atomic E-state index is 13.6. The van der Waals surface area contributed by atoms with E-state index in [9.17, 15) is 13.2 Å². The van der Waals surface area contributed by atoms with E-state index in [1.165, 1.54) is 18.4 Å². The second-order valence-corrected chi connectivity index (χ2v) is 10.9. The fourth-order valence-electron chi connectivity index (χ4n) is 4.16. The van der Waals surface area contributed by atoms with Crippen molar-refractivity contribution in [3.63, 3.8) is 0 Å². The third-order valence-electron chi connectivity index (χ3n) is 6.03. The van der Waals surface area contributed by atoms with Crippen molar-refractivity contribution in [1.29, 1.82) is 0 Å². The SMILES string of the molecule is CN(C)S(=O)(=O)c1ccc(N2CCCC2)c(C(=O)N2CCN(c3ccc(Cl)cn3)CC2)c1. The maximum atomic E-state index is 13.6. The van der Waals surface area contributed by atoms with E-state index in [1.54, 1.807) is 35.4 Å². The van der Waals surface area contributed by atoms with E-state index >= 15 is 0 Å². The summed E-state index contributed by atoms with van der Waals surface area (Å²) in [5.41, 5.74) is 1.26. The third-order valence-corrected chi connectivity index (χ3v) is 8.06. The Balaban J connectivity index is 1.58. The van der Waals surface area contributed by atoms with E-state index in [4.69, 9.17) is 11.6 Å². The summed E-state index contributed by atoms with van der Waals surface area (Å²) in [6.07, 6.45) is 3.75. The predicted molar refractivity (Wildman–Crippen MR) is 126 cm³/mol. The molecule has 2 aromatic rings. The minimum Gasteiger partial charge on any atom is -0.371 e. The van der Waals surface area contributed by atoms with Crippen LogP contribution >= 0.6 is 11.6 Å². The first-order valence-electron chi connectivity index (χ1n) is 10.7. The molecule has 0 saturated carbocycles. The highest BCUT2D eigenvalue weighted by Crippen LogP contribution is 2.29. The monoisotopic (exact) mass is 477 g/mol. The van der Waals surface area contributed by atoms with E-state index < -0.39 is 10.0 Å². The number of hydrogen-bond acceptors (Lipinski definition) is 6. The van der Waals surface area contributed by atoms with Crippen molar-refractivity contribution in [2.45, 2.75) is 17.7 Å². The van der Waals surface area contributed by atoms with E-state index in [0.717, 1.165) is 37.4 Å². The van der Waals surface area contributed by atoms with Gasteiger partial charge in [0.05, 0.1) is 15.5 Å². The molecule has 2 aliphatic rings. The molecule has 1 aromatic carbocycles. The summed E-state index contributed by atoms with van der Waals surface area (Å²) in [7, 11) is -0.645. The molecule has 2 fully saturated rings. The summed E-state index contributed by atoms with van der Waals surface area (Å²) < 4.78 is 26.6. The summed E-state index contributed by atoms with van der Waals surface area (Å²) >= 11 is 5.93. The Kier molecular flexibility index (Phi) is 6.60. The van der Waals surface area contributed by atoms with E-state index in [-0.39, 0.29) is 10.8 Å². The lowest BCUT2D eigenvalue weighted by Crippen LogP contribution is -2.49. The molecule has 1 aromatic heterocycles. The largest absolute Gasteiger partial charge is 0.371 e.